The molecule has 1 N–H and O–H groups in total. The maximum absolute atomic E-state index is 12.1. The molecule has 114 valence electrons. The van der Waals surface area contributed by atoms with E-state index in [1.165, 1.54) is 4.90 Å². The van der Waals surface area contributed by atoms with E-state index in [4.69, 9.17) is 0 Å². The van der Waals surface area contributed by atoms with Crippen LogP contribution in [0.3, 0.4) is 0 Å². The normalized spacial score (nSPS) is 23.7. The maximum Gasteiger partial charge on any atom is 1.00 e. The van der Waals surface area contributed by atoms with Crippen molar-refractivity contribution < 1.29 is 49.4 Å². The van der Waals surface area contributed by atoms with Gasteiger partial charge in [-0.3, -0.25) is 4.79 Å². The molecule has 1 saturated heterocycles. The number of allylic oxidation sites excluding steroid dienone is 1. The Morgan fingerprint density at radius 1 is 1.39 bits per heavy atom. The van der Waals surface area contributed by atoms with Gasteiger partial charge in [0.15, 0.2) is 0 Å². The Hall–Kier alpha value is -1.40. The number of aliphatic hydroxyl groups is 1. The molecule has 1 aromatic rings. The third kappa shape index (κ3) is 2.78. The predicted octanol–water partition coefficient (Wildman–Crippen LogP) is -2.68. The fraction of sp³-hybridized carbons (Fsp3) is 0.294. The van der Waals surface area contributed by atoms with Crippen LogP contribution in [0, 0.1) is 5.92 Å². The zero-order valence-corrected chi connectivity index (χ0v) is 15.2. The molecule has 23 heavy (non-hydrogen) atoms. The van der Waals surface area contributed by atoms with Crippen LogP contribution < -0.4 is 34.7 Å². The summed E-state index contributed by atoms with van der Waals surface area (Å²) in [6, 6.07) is 8.90. The van der Waals surface area contributed by atoms with Gasteiger partial charge in [0.05, 0.1) is 29.7 Å². The number of carbonyl (C=O) groups is 2. The predicted molar refractivity (Wildman–Crippen MR) is 77.9 cm³/mol. The minimum Gasteiger partial charge on any atom is -0.543 e. The summed E-state index contributed by atoms with van der Waals surface area (Å²) in [5, 5.41) is 21.2. The van der Waals surface area contributed by atoms with Crippen LogP contribution in [0.15, 0.2) is 48.2 Å². The van der Waals surface area contributed by atoms with E-state index in [-0.39, 0.29) is 47.2 Å². The zero-order valence-electron chi connectivity index (χ0n) is 13.2. The summed E-state index contributed by atoms with van der Waals surface area (Å²) in [5.74, 6) is -2.31. The molecule has 0 radical (unpaired) electrons. The molecule has 0 bridgehead atoms. The standard InChI is InChI=1S/C17H17NO4.Na/c1-9(11-6-4-3-5-7-11)12-8-13-14(10(2)19)16(20)18(13)15(12)17(21)22;/h3-7,10,13-14,19H,1,8H2,2H3,(H,21,22);/q;+1/p-1/t10-,13-,14-;/m1./s1. The number of amides is 1. The van der Waals surface area contributed by atoms with Gasteiger partial charge in [0, 0.05) is 0 Å². The van der Waals surface area contributed by atoms with Crippen LogP contribution in [0.4, 0.5) is 0 Å². The fourth-order valence-electron chi connectivity index (χ4n) is 3.34. The van der Waals surface area contributed by atoms with E-state index in [1.54, 1.807) is 6.92 Å². The average molecular weight is 321 g/mol. The van der Waals surface area contributed by atoms with Crippen molar-refractivity contribution in [1.82, 2.24) is 4.90 Å². The number of rotatable bonds is 4. The number of carboxylic acids is 1. The van der Waals surface area contributed by atoms with Gasteiger partial charge in [-0.05, 0) is 30.1 Å². The second-order valence-electron chi connectivity index (χ2n) is 5.71. The van der Waals surface area contributed by atoms with Gasteiger partial charge in [-0.2, -0.15) is 0 Å². The molecule has 1 amide bonds. The summed E-state index contributed by atoms with van der Waals surface area (Å²) in [5.41, 5.74) is 1.78. The maximum atomic E-state index is 12.1. The monoisotopic (exact) mass is 321 g/mol. The molecule has 6 heteroatoms. The van der Waals surface area contributed by atoms with Crippen LogP contribution >= 0.6 is 0 Å². The average Bonchev–Trinajstić information content (AvgIpc) is 2.82. The second-order valence-corrected chi connectivity index (χ2v) is 5.71. The van der Waals surface area contributed by atoms with Gasteiger partial charge >= 0.3 is 29.6 Å². The molecule has 1 aromatic carbocycles. The van der Waals surface area contributed by atoms with Crippen LogP contribution in [0.25, 0.3) is 5.57 Å². The van der Waals surface area contributed by atoms with Crippen molar-refractivity contribution in [3.05, 3.63) is 53.7 Å². The molecule has 0 aromatic heterocycles. The van der Waals surface area contributed by atoms with Crippen molar-refractivity contribution >= 4 is 17.4 Å². The van der Waals surface area contributed by atoms with Gasteiger partial charge < -0.3 is 19.9 Å². The molecular formula is C17H16NNaO4. The minimum absolute atomic E-state index is 0. The number of nitrogens with zero attached hydrogens (tertiary/aromatic N) is 1. The van der Waals surface area contributed by atoms with Crippen LogP contribution in [-0.4, -0.2) is 34.0 Å². The Balaban J connectivity index is 0.00000192. The Labute approximate surface area is 156 Å². The number of benzene rings is 1. The summed E-state index contributed by atoms with van der Waals surface area (Å²) in [7, 11) is 0. The van der Waals surface area contributed by atoms with Crippen molar-refractivity contribution in [1.29, 1.82) is 0 Å². The zero-order chi connectivity index (χ0) is 16.0. The van der Waals surface area contributed by atoms with Crippen molar-refractivity contribution in [2.75, 3.05) is 0 Å². The molecule has 3 atom stereocenters. The Kier molecular flexibility index (Phi) is 5.16. The Morgan fingerprint density at radius 3 is 2.52 bits per heavy atom. The van der Waals surface area contributed by atoms with E-state index in [9.17, 15) is 19.8 Å². The van der Waals surface area contributed by atoms with Crippen LogP contribution in [-0.2, 0) is 9.59 Å². The number of fused-ring (bicyclic) bond motifs is 1. The van der Waals surface area contributed by atoms with Crippen LogP contribution in [0.2, 0.25) is 0 Å². The number of carboxylic acid groups (broad SMARTS) is 1. The molecule has 1 fully saturated rings. The van der Waals surface area contributed by atoms with Gasteiger partial charge in [-0.15, -0.1) is 0 Å². The number of aliphatic carboxylic acids is 1. The smallest absolute Gasteiger partial charge is 0.543 e. The summed E-state index contributed by atoms with van der Waals surface area (Å²) >= 11 is 0. The fourth-order valence-corrected chi connectivity index (χ4v) is 3.34. The molecule has 0 unspecified atom stereocenters. The number of β-lactam (4-membered cyclic amide) rings is 1. The summed E-state index contributed by atoms with van der Waals surface area (Å²) in [4.78, 5) is 24.8. The molecule has 0 aliphatic carbocycles. The number of carbonyl (C=O) groups excluding carboxylic acids is 2. The molecule has 2 aliphatic heterocycles. The SMILES string of the molecule is C=C(C1=C(C(=O)[O-])N2C(=O)[C@H]([C@@H](C)O)[C@H]2C1)c1ccccc1.[Na+]. The van der Waals surface area contributed by atoms with Gasteiger partial charge in [0.2, 0.25) is 5.91 Å². The Bertz CT molecular complexity index is 696. The van der Waals surface area contributed by atoms with Crippen LogP contribution in [0.1, 0.15) is 18.9 Å². The second kappa shape index (κ2) is 6.61. The molecule has 2 aliphatic rings. The molecule has 3 rings (SSSR count). The van der Waals surface area contributed by atoms with E-state index in [1.807, 2.05) is 30.3 Å². The van der Waals surface area contributed by atoms with E-state index >= 15 is 0 Å². The molecular weight excluding hydrogens is 305 g/mol. The van der Waals surface area contributed by atoms with Gasteiger partial charge in [-0.1, -0.05) is 36.9 Å². The van der Waals surface area contributed by atoms with E-state index in [0.29, 0.717) is 17.6 Å². The summed E-state index contributed by atoms with van der Waals surface area (Å²) < 4.78 is 0. The number of hydrogen-bond donors (Lipinski definition) is 1. The summed E-state index contributed by atoms with van der Waals surface area (Å²) in [6.07, 6.45) is -0.431. The first-order chi connectivity index (χ1) is 10.4. The quantitative estimate of drug-likeness (QED) is 0.484. The first-order valence-corrected chi connectivity index (χ1v) is 7.13. The molecule has 0 saturated carbocycles. The van der Waals surface area contributed by atoms with Crippen molar-refractivity contribution in [3.8, 4) is 0 Å². The van der Waals surface area contributed by atoms with Crippen LogP contribution in [0.5, 0.6) is 0 Å². The third-order valence-corrected chi connectivity index (χ3v) is 4.41. The molecule has 0 spiro atoms. The first kappa shape index (κ1) is 17.9. The number of aliphatic hydroxyl groups excluding tert-OH is 1. The van der Waals surface area contributed by atoms with E-state index in [0.717, 1.165) is 5.56 Å². The van der Waals surface area contributed by atoms with Crippen molar-refractivity contribution in [2.45, 2.75) is 25.5 Å². The van der Waals surface area contributed by atoms with Gasteiger partial charge in [0.25, 0.3) is 0 Å². The molecule has 5 nitrogen and oxygen atoms in total. The Morgan fingerprint density at radius 2 is 2.00 bits per heavy atom. The first-order valence-electron chi connectivity index (χ1n) is 7.13. The summed E-state index contributed by atoms with van der Waals surface area (Å²) in [6.45, 7) is 5.53. The largest absolute Gasteiger partial charge is 1.00 e. The van der Waals surface area contributed by atoms with Gasteiger partial charge in [0.1, 0.15) is 0 Å². The topological polar surface area (TPSA) is 80.7 Å². The number of hydrogen-bond acceptors (Lipinski definition) is 4. The van der Waals surface area contributed by atoms with Gasteiger partial charge in [-0.25, -0.2) is 0 Å². The van der Waals surface area contributed by atoms with E-state index in [2.05, 4.69) is 6.58 Å². The third-order valence-electron chi connectivity index (χ3n) is 4.41. The van der Waals surface area contributed by atoms with E-state index < -0.39 is 18.0 Å². The molecule has 2 heterocycles. The van der Waals surface area contributed by atoms with Crippen molar-refractivity contribution in [3.63, 3.8) is 0 Å². The minimum atomic E-state index is -1.38. The van der Waals surface area contributed by atoms with Crippen molar-refractivity contribution in [2.24, 2.45) is 5.92 Å².